The quantitative estimate of drug-likeness (QED) is 0.724. The van der Waals surface area contributed by atoms with Crippen LogP contribution >= 0.6 is 0 Å². The summed E-state index contributed by atoms with van der Waals surface area (Å²) in [7, 11) is 2.73. The van der Waals surface area contributed by atoms with Gasteiger partial charge in [-0.2, -0.15) is 0 Å². The van der Waals surface area contributed by atoms with Gasteiger partial charge in [-0.05, 0) is 6.07 Å². The SMILES string of the molecule is COc1cc(OC)c(CF)cc1F. The first-order valence-corrected chi connectivity index (χ1v) is 3.69. The van der Waals surface area contributed by atoms with Gasteiger partial charge in [0.1, 0.15) is 12.4 Å². The Morgan fingerprint density at radius 1 is 1.15 bits per heavy atom. The van der Waals surface area contributed by atoms with Crippen LogP contribution in [-0.4, -0.2) is 14.2 Å². The maximum absolute atomic E-state index is 13.0. The van der Waals surface area contributed by atoms with Gasteiger partial charge in [-0.25, -0.2) is 8.78 Å². The molecule has 1 aromatic rings. The highest BCUT2D eigenvalue weighted by Crippen LogP contribution is 2.28. The predicted molar refractivity (Wildman–Crippen MR) is 44.3 cm³/mol. The molecule has 2 nitrogen and oxygen atoms in total. The van der Waals surface area contributed by atoms with Crippen LogP contribution < -0.4 is 9.47 Å². The molecule has 0 saturated heterocycles. The van der Waals surface area contributed by atoms with Crippen molar-refractivity contribution in [3.63, 3.8) is 0 Å². The van der Waals surface area contributed by atoms with E-state index in [0.29, 0.717) is 5.75 Å². The Bertz CT molecular complexity index is 300. The topological polar surface area (TPSA) is 18.5 Å². The molecule has 4 heteroatoms. The highest BCUT2D eigenvalue weighted by atomic mass is 19.1. The molecule has 0 amide bonds. The summed E-state index contributed by atoms with van der Waals surface area (Å²) < 4.78 is 34.9. The molecule has 0 aliphatic carbocycles. The fourth-order valence-corrected chi connectivity index (χ4v) is 1.03. The van der Waals surface area contributed by atoms with Crippen LogP contribution in [0.5, 0.6) is 11.5 Å². The molecule has 1 rings (SSSR count). The lowest BCUT2D eigenvalue weighted by atomic mass is 10.2. The van der Waals surface area contributed by atoms with E-state index in [1.807, 2.05) is 0 Å². The van der Waals surface area contributed by atoms with Gasteiger partial charge in [0.15, 0.2) is 11.6 Å². The smallest absolute Gasteiger partial charge is 0.165 e. The summed E-state index contributed by atoms with van der Waals surface area (Å²) in [6.07, 6.45) is 0. The van der Waals surface area contributed by atoms with E-state index < -0.39 is 12.5 Å². The molecule has 0 unspecified atom stereocenters. The van der Waals surface area contributed by atoms with E-state index in [2.05, 4.69) is 0 Å². The Kier molecular flexibility index (Phi) is 3.06. The molecule has 0 N–H and O–H groups in total. The Morgan fingerprint density at radius 2 is 1.77 bits per heavy atom. The van der Waals surface area contributed by atoms with Crippen molar-refractivity contribution in [3.8, 4) is 11.5 Å². The molecule has 0 radical (unpaired) electrons. The largest absolute Gasteiger partial charge is 0.496 e. The maximum Gasteiger partial charge on any atom is 0.165 e. The van der Waals surface area contributed by atoms with E-state index in [4.69, 9.17) is 9.47 Å². The summed E-state index contributed by atoms with van der Waals surface area (Å²) in [4.78, 5) is 0. The minimum Gasteiger partial charge on any atom is -0.496 e. The number of rotatable bonds is 3. The summed E-state index contributed by atoms with van der Waals surface area (Å²) in [5.41, 5.74) is 0.181. The molecule has 0 spiro atoms. The first-order chi connectivity index (χ1) is 6.22. The average molecular weight is 188 g/mol. The zero-order valence-electron chi connectivity index (χ0n) is 7.43. The maximum atomic E-state index is 13.0. The summed E-state index contributed by atoms with van der Waals surface area (Å²) >= 11 is 0. The molecule has 0 bridgehead atoms. The van der Waals surface area contributed by atoms with Crippen LogP contribution in [0.25, 0.3) is 0 Å². The molecule has 0 heterocycles. The Labute approximate surface area is 75.1 Å². The zero-order chi connectivity index (χ0) is 9.84. The van der Waals surface area contributed by atoms with Crippen LogP contribution in [0.3, 0.4) is 0 Å². The lowest BCUT2D eigenvalue weighted by Crippen LogP contribution is -1.95. The van der Waals surface area contributed by atoms with Gasteiger partial charge in [0, 0.05) is 11.6 Å². The average Bonchev–Trinajstić information content (AvgIpc) is 2.17. The van der Waals surface area contributed by atoms with Gasteiger partial charge < -0.3 is 9.47 Å². The molecule has 0 aliphatic heterocycles. The second-order valence-corrected chi connectivity index (χ2v) is 2.43. The van der Waals surface area contributed by atoms with Gasteiger partial charge in [-0.3, -0.25) is 0 Å². The molecule has 0 aromatic heterocycles. The minimum absolute atomic E-state index is 0.0500. The number of benzene rings is 1. The van der Waals surface area contributed by atoms with Crippen molar-refractivity contribution in [3.05, 3.63) is 23.5 Å². The third kappa shape index (κ3) is 1.88. The molecule has 1 aromatic carbocycles. The molecule has 72 valence electrons. The Balaban J connectivity index is 3.18. The predicted octanol–water partition coefficient (Wildman–Crippen LogP) is 2.31. The van der Waals surface area contributed by atoms with Crippen molar-refractivity contribution in [2.45, 2.75) is 6.67 Å². The number of hydrogen-bond donors (Lipinski definition) is 0. The zero-order valence-corrected chi connectivity index (χ0v) is 7.43. The summed E-state index contributed by atoms with van der Waals surface area (Å²) in [5, 5.41) is 0. The number of hydrogen-bond acceptors (Lipinski definition) is 2. The lowest BCUT2D eigenvalue weighted by Gasteiger charge is -2.08. The van der Waals surface area contributed by atoms with Gasteiger partial charge in [0.05, 0.1) is 14.2 Å². The summed E-state index contributed by atoms with van der Waals surface area (Å²) in [6, 6.07) is 2.39. The number of alkyl halides is 1. The van der Waals surface area contributed by atoms with Gasteiger partial charge >= 0.3 is 0 Å². The fraction of sp³-hybridized carbons (Fsp3) is 0.333. The van der Waals surface area contributed by atoms with Crippen molar-refractivity contribution in [1.29, 1.82) is 0 Å². The number of ether oxygens (including phenoxy) is 2. The van der Waals surface area contributed by atoms with Crippen LogP contribution in [0, 0.1) is 5.82 Å². The van der Waals surface area contributed by atoms with E-state index in [0.717, 1.165) is 6.07 Å². The van der Waals surface area contributed by atoms with Gasteiger partial charge in [0.2, 0.25) is 0 Å². The molecule has 0 fully saturated rings. The first-order valence-electron chi connectivity index (χ1n) is 3.69. The van der Waals surface area contributed by atoms with E-state index >= 15 is 0 Å². The minimum atomic E-state index is -0.760. The van der Waals surface area contributed by atoms with Crippen molar-refractivity contribution in [2.24, 2.45) is 0 Å². The molecular formula is C9H10F2O2. The van der Waals surface area contributed by atoms with Crippen LogP contribution in [0.4, 0.5) is 8.78 Å². The first kappa shape index (κ1) is 9.77. The van der Waals surface area contributed by atoms with Crippen LogP contribution in [0.15, 0.2) is 12.1 Å². The summed E-state index contributed by atoms with van der Waals surface area (Å²) in [6.45, 7) is -0.760. The van der Waals surface area contributed by atoms with E-state index in [-0.39, 0.29) is 11.3 Å². The Morgan fingerprint density at radius 3 is 2.23 bits per heavy atom. The van der Waals surface area contributed by atoms with Crippen molar-refractivity contribution in [2.75, 3.05) is 14.2 Å². The van der Waals surface area contributed by atoms with E-state index in [1.54, 1.807) is 0 Å². The highest BCUT2D eigenvalue weighted by Gasteiger charge is 2.10. The third-order valence-corrected chi connectivity index (χ3v) is 1.70. The van der Waals surface area contributed by atoms with Crippen molar-refractivity contribution >= 4 is 0 Å². The summed E-state index contributed by atoms with van der Waals surface area (Å²) in [5.74, 6) is -0.245. The third-order valence-electron chi connectivity index (χ3n) is 1.70. The van der Waals surface area contributed by atoms with Gasteiger partial charge in [0.25, 0.3) is 0 Å². The molecule has 0 atom stereocenters. The highest BCUT2D eigenvalue weighted by molar-refractivity contribution is 5.41. The standard InChI is InChI=1S/C9H10F2O2/c1-12-8-4-9(13-2)7(11)3-6(8)5-10/h3-4H,5H2,1-2H3. The lowest BCUT2D eigenvalue weighted by molar-refractivity contribution is 0.365. The van der Waals surface area contributed by atoms with E-state index in [9.17, 15) is 8.78 Å². The number of halogens is 2. The van der Waals surface area contributed by atoms with Crippen molar-refractivity contribution in [1.82, 2.24) is 0 Å². The van der Waals surface area contributed by atoms with Crippen LogP contribution in [0.1, 0.15) is 5.56 Å². The van der Waals surface area contributed by atoms with Gasteiger partial charge in [-0.15, -0.1) is 0 Å². The van der Waals surface area contributed by atoms with E-state index in [1.165, 1.54) is 20.3 Å². The van der Waals surface area contributed by atoms with Crippen molar-refractivity contribution < 1.29 is 18.3 Å². The second kappa shape index (κ2) is 4.07. The molecule has 0 aliphatic rings. The normalized spacial score (nSPS) is 9.85. The molecule has 0 saturated carbocycles. The van der Waals surface area contributed by atoms with Crippen LogP contribution in [-0.2, 0) is 6.67 Å². The fourth-order valence-electron chi connectivity index (χ4n) is 1.03. The monoisotopic (exact) mass is 188 g/mol. The van der Waals surface area contributed by atoms with Gasteiger partial charge in [-0.1, -0.05) is 0 Å². The van der Waals surface area contributed by atoms with Crippen LogP contribution in [0.2, 0.25) is 0 Å². The molecular weight excluding hydrogens is 178 g/mol. The Hall–Kier alpha value is -1.32. The molecule has 13 heavy (non-hydrogen) atoms. The number of methoxy groups -OCH3 is 2. The second-order valence-electron chi connectivity index (χ2n) is 2.43.